The lowest BCUT2D eigenvalue weighted by Gasteiger charge is -2.15. The first-order chi connectivity index (χ1) is 12.5. The Bertz CT molecular complexity index is 710. The van der Waals surface area contributed by atoms with Crippen molar-refractivity contribution in [2.24, 2.45) is 0 Å². The van der Waals surface area contributed by atoms with Gasteiger partial charge in [0.2, 0.25) is 5.91 Å². The van der Waals surface area contributed by atoms with Gasteiger partial charge in [0.25, 0.3) is 0 Å². The highest BCUT2D eigenvalue weighted by atomic mass is 16.5. The van der Waals surface area contributed by atoms with Crippen LogP contribution in [0.3, 0.4) is 0 Å². The summed E-state index contributed by atoms with van der Waals surface area (Å²) in [5.74, 6) is 1.53. The van der Waals surface area contributed by atoms with Gasteiger partial charge in [0, 0.05) is 6.42 Å². The number of rotatable bonds is 9. The zero-order valence-electron chi connectivity index (χ0n) is 16.2. The van der Waals surface area contributed by atoms with Crippen molar-refractivity contribution in [1.82, 2.24) is 5.32 Å². The Morgan fingerprint density at radius 3 is 2.31 bits per heavy atom. The fraction of sp³-hybridized carbons (Fsp3) is 0.409. The van der Waals surface area contributed by atoms with Gasteiger partial charge in [-0.05, 0) is 57.4 Å². The molecule has 0 heterocycles. The number of carbonyl (C=O) groups is 1. The molecule has 1 unspecified atom stereocenters. The summed E-state index contributed by atoms with van der Waals surface area (Å²) in [7, 11) is 0. The van der Waals surface area contributed by atoms with E-state index in [1.165, 1.54) is 5.56 Å². The average molecular weight is 355 g/mol. The van der Waals surface area contributed by atoms with Gasteiger partial charge in [-0.1, -0.05) is 35.9 Å². The smallest absolute Gasteiger partial charge is 0.220 e. The minimum atomic E-state index is 0.00224. The van der Waals surface area contributed by atoms with Crippen LogP contribution in [0.25, 0.3) is 0 Å². The lowest BCUT2D eigenvalue weighted by atomic mass is 10.1. The maximum absolute atomic E-state index is 12.3. The third-order valence-electron chi connectivity index (χ3n) is 4.20. The number of hydrogen-bond acceptors (Lipinski definition) is 3. The predicted molar refractivity (Wildman–Crippen MR) is 105 cm³/mol. The molecular formula is C22H29NO3. The van der Waals surface area contributed by atoms with Crippen LogP contribution in [0.2, 0.25) is 0 Å². The van der Waals surface area contributed by atoms with E-state index in [9.17, 15) is 4.79 Å². The summed E-state index contributed by atoms with van der Waals surface area (Å²) in [5, 5.41) is 3.06. The second kappa shape index (κ2) is 9.85. The number of hydrogen-bond donors (Lipinski definition) is 1. The lowest BCUT2D eigenvalue weighted by Crippen LogP contribution is -2.26. The number of ether oxygens (including phenoxy) is 2. The van der Waals surface area contributed by atoms with Crippen LogP contribution in [0.4, 0.5) is 0 Å². The van der Waals surface area contributed by atoms with Crippen LogP contribution in [-0.2, 0) is 11.2 Å². The summed E-state index contributed by atoms with van der Waals surface area (Å²) in [6.07, 6.45) is 1.11. The van der Waals surface area contributed by atoms with Crippen molar-refractivity contribution in [3.63, 3.8) is 0 Å². The Labute approximate surface area is 156 Å². The van der Waals surface area contributed by atoms with Gasteiger partial charge in [0.05, 0.1) is 19.3 Å². The van der Waals surface area contributed by atoms with Crippen LogP contribution in [0.1, 0.15) is 49.9 Å². The molecule has 26 heavy (non-hydrogen) atoms. The monoisotopic (exact) mass is 355 g/mol. The van der Waals surface area contributed by atoms with Crippen molar-refractivity contribution >= 4 is 5.91 Å². The van der Waals surface area contributed by atoms with Crippen LogP contribution >= 0.6 is 0 Å². The molecule has 0 spiro atoms. The molecule has 0 aliphatic carbocycles. The Balaban J connectivity index is 1.91. The maximum atomic E-state index is 12.3. The molecule has 2 aromatic carbocycles. The Morgan fingerprint density at radius 1 is 1.00 bits per heavy atom. The van der Waals surface area contributed by atoms with Crippen LogP contribution in [-0.4, -0.2) is 19.1 Å². The fourth-order valence-corrected chi connectivity index (χ4v) is 2.76. The fourth-order valence-electron chi connectivity index (χ4n) is 2.76. The first-order valence-corrected chi connectivity index (χ1v) is 9.28. The minimum Gasteiger partial charge on any atom is -0.490 e. The molecule has 0 aromatic heterocycles. The number of amides is 1. The molecule has 2 aromatic rings. The maximum Gasteiger partial charge on any atom is 0.220 e. The van der Waals surface area contributed by atoms with Gasteiger partial charge in [-0.2, -0.15) is 0 Å². The van der Waals surface area contributed by atoms with Crippen molar-refractivity contribution in [3.05, 3.63) is 59.2 Å². The Kier molecular flexibility index (Phi) is 7.52. The number of carbonyl (C=O) groups excluding carboxylic acids is 1. The van der Waals surface area contributed by atoms with Gasteiger partial charge in [0.1, 0.15) is 0 Å². The summed E-state index contributed by atoms with van der Waals surface area (Å²) in [5.41, 5.74) is 3.39. The van der Waals surface area contributed by atoms with E-state index in [-0.39, 0.29) is 11.9 Å². The molecule has 140 valence electrons. The van der Waals surface area contributed by atoms with Gasteiger partial charge in [-0.15, -0.1) is 0 Å². The standard InChI is InChI=1S/C22H29NO3/c1-5-25-20-13-9-18(15-21(20)26-6-2)10-14-22(24)23-17(4)19-11-7-16(3)8-12-19/h7-9,11-13,15,17H,5-6,10,14H2,1-4H3,(H,23,24). The molecule has 0 bridgehead atoms. The van der Waals surface area contributed by atoms with E-state index in [0.717, 1.165) is 22.6 Å². The predicted octanol–water partition coefficient (Wildman–Crippen LogP) is 4.60. The lowest BCUT2D eigenvalue weighted by molar-refractivity contribution is -0.121. The molecule has 4 nitrogen and oxygen atoms in total. The third kappa shape index (κ3) is 5.80. The minimum absolute atomic E-state index is 0.00224. The van der Waals surface area contributed by atoms with Crippen LogP contribution < -0.4 is 14.8 Å². The zero-order chi connectivity index (χ0) is 18.9. The average Bonchev–Trinajstić information content (AvgIpc) is 2.62. The summed E-state index contributed by atoms with van der Waals surface area (Å²) >= 11 is 0. The first-order valence-electron chi connectivity index (χ1n) is 9.28. The molecular weight excluding hydrogens is 326 g/mol. The van der Waals surface area contributed by atoms with Crippen molar-refractivity contribution in [2.75, 3.05) is 13.2 Å². The summed E-state index contributed by atoms with van der Waals surface area (Å²) in [6.45, 7) is 9.13. The number of benzene rings is 2. The highest BCUT2D eigenvalue weighted by Crippen LogP contribution is 2.29. The van der Waals surface area contributed by atoms with Gasteiger partial charge >= 0.3 is 0 Å². The van der Waals surface area contributed by atoms with E-state index in [1.807, 2.05) is 39.0 Å². The van der Waals surface area contributed by atoms with Gasteiger partial charge in [0.15, 0.2) is 11.5 Å². The quantitative estimate of drug-likeness (QED) is 0.715. The molecule has 0 saturated carbocycles. The molecule has 0 saturated heterocycles. The normalized spacial score (nSPS) is 11.7. The largest absolute Gasteiger partial charge is 0.490 e. The van der Waals surface area contributed by atoms with E-state index < -0.39 is 0 Å². The number of aryl methyl sites for hydroxylation is 2. The first kappa shape index (κ1) is 19.8. The second-order valence-electron chi connectivity index (χ2n) is 6.35. The third-order valence-corrected chi connectivity index (χ3v) is 4.20. The van der Waals surface area contributed by atoms with Crippen LogP contribution in [0.15, 0.2) is 42.5 Å². The van der Waals surface area contributed by atoms with E-state index in [2.05, 4.69) is 36.5 Å². The van der Waals surface area contributed by atoms with E-state index in [1.54, 1.807) is 0 Å². The summed E-state index contributed by atoms with van der Waals surface area (Å²) in [6, 6.07) is 14.1. The molecule has 2 rings (SSSR count). The Morgan fingerprint density at radius 2 is 1.65 bits per heavy atom. The molecule has 0 aliphatic rings. The van der Waals surface area contributed by atoms with Gasteiger partial charge in [-0.3, -0.25) is 4.79 Å². The second-order valence-corrected chi connectivity index (χ2v) is 6.35. The van der Waals surface area contributed by atoms with E-state index in [0.29, 0.717) is 26.1 Å². The van der Waals surface area contributed by atoms with E-state index in [4.69, 9.17) is 9.47 Å². The van der Waals surface area contributed by atoms with Crippen molar-refractivity contribution in [2.45, 2.75) is 46.6 Å². The summed E-state index contributed by atoms with van der Waals surface area (Å²) < 4.78 is 11.2. The summed E-state index contributed by atoms with van der Waals surface area (Å²) in [4.78, 5) is 12.3. The molecule has 4 heteroatoms. The molecule has 1 atom stereocenters. The van der Waals surface area contributed by atoms with Crippen molar-refractivity contribution < 1.29 is 14.3 Å². The van der Waals surface area contributed by atoms with Crippen LogP contribution in [0, 0.1) is 6.92 Å². The highest BCUT2D eigenvalue weighted by molar-refractivity contribution is 5.76. The molecule has 0 aliphatic heterocycles. The molecule has 1 amide bonds. The van der Waals surface area contributed by atoms with Gasteiger partial charge < -0.3 is 14.8 Å². The van der Waals surface area contributed by atoms with Gasteiger partial charge in [-0.25, -0.2) is 0 Å². The molecule has 0 radical (unpaired) electrons. The van der Waals surface area contributed by atoms with E-state index >= 15 is 0 Å². The van der Waals surface area contributed by atoms with Crippen LogP contribution in [0.5, 0.6) is 11.5 Å². The Hall–Kier alpha value is -2.49. The number of nitrogens with one attached hydrogen (secondary N) is 1. The topological polar surface area (TPSA) is 47.6 Å². The van der Waals surface area contributed by atoms with Crippen molar-refractivity contribution in [1.29, 1.82) is 0 Å². The SMILES string of the molecule is CCOc1ccc(CCC(=O)NC(C)c2ccc(C)cc2)cc1OCC. The molecule has 0 fully saturated rings. The molecule has 1 N–H and O–H groups in total. The zero-order valence-corrected chi connectivity index (χ0v) is 16.2. The van der Waals surface area contributed by atoms with Crippen molar-refractivity contribution in [3.8, 4) is 11.5 Å². The highest BCUT2D eigenvalue weighted by Gasteiger charge is 2.11.